The Balaban J connectivity index is 1.39. The first kappa shape index (κ1) is 22.8. The fraction of sp³-hybridized carbons (Fsp3) is 0.409. The molecule has 176 valence electrons. The number of amides is 1. The van der Waals surface area contributed by atoms with Crippen molar-refractivity contribution < 1.29 is 32.2 Å². The fourth-order valence-electron chi connectivity index (χ4n) is 3.33. The largest absolute Gasteiger partial charge is 0.452 e. The zero-order chi connectivity index (χ0) is 23.4. The average Bonchev–Trinajstić information content (AvgIpc) is 3.62. The van der Waals surface area contributed by atoms with E-state index in [0.717, 1.165) is 25.0 Å². The predicted molar refractivity (Wildman–Crippen MR) is 114 cm³/mol. The SMILES string of the molecule is O=C(COC(=O)c1ccc(NC2CC2)nc1)Nc1cc(C(F)(F)F)ccc1N1CCOCC1. The summed E-state index contributed by atoms with van der Waals surface area (Å²) >= 11 is 0. The van der Waals surface area contributed by atoms with Crippen LogP contribution in [-0.4, -0.2) is 55.8 Å². The lowest BCUT2D eigenvalue weighted by Gasteiger charge is -2.31. The number of benzene rings is 1. The van der Waals surface area contributed by atoms with Gasteiger partial charge >= 0.3 is 12.1 Å². The highest BCUT2D eigenvalue weighted by Gasteiger charge is 2.32. The number of hydrogen-bond acceptors (Lipinski definition) is 7. The van der Waals surface area contributed by atoms with E-state index in [1.165, 1.54) is 18.3 Å². The highest BCUT2D eigenvalue weighted by Crippen LogP contribution is 2.35. The molecule has 0 bridgehead atoms. The Hall–Kier alpha value is -3.34. The third-order valence-corrected chi connectivity index (χ3v) is 5.21. The second-order valence-corrected chi connectivity index (χ2v) is 7.80. The number of aromatic nitrogens is 1. The number of carbonyl (C=O) groups excluding carboxylic acids is 2. The summed E-state index contributed by atoms with van der Waals surface area (Å²) in [7, 11) is 0. The normalized spacial score (nSPS) is 16.3. The van der Waals surface area contributed by atoms with Crippen LogP contribution in [0.2, 0.25) is 0 Å². The maximum atomic E-state index is 13.2. The van der Waals surface area contributed by atoms with Crippen molar-refractivity contribution in [1.29, 1.82) is 0 Å². The number of halogens is 3. The summed E-state index contributed by atoms with van der Waals surface area (Å²) in [6.45, 7) is 1.15. The molecule has 1 saturated heterocycles. The minimum Gasteiger partial charge on any atom is -0.452 e. The van der Waals surface area contributed by atoms with Gasteiger partial charge in [-0.15, -0.1) is 0 Å². The first-order valence-electron chi connectivity index (χ1n) is 10.5. The molecule has 1 amide bonds. The number of esters is 1. The Morgan fingerprint density at radius 1 is 1.15 bits per heavy atom. The summed E-state index contributed by atoms with van der Waals surface area (Å²) in [4.78, 5) is 30.6. The van der Waals surface area contributed by atoms with E-state index in [2.05, 4.69) is 15.6 Å². The third-order valence-electron chi connectivity index (χ3n) is 5.21. The number of alkyl halides is 3. The predicted octanol–water partition coefficient (Wildman–Crippen LogP) is 3.31. The lowest BCUT2D eigenvalue weighted by Crippen LogP contribution is -2.37. The fourth-order valence-corrected chi connectivity index (χ4v) is 3.33. The van der Waals surface area contributed by atoms with Crippen LogP contribution in [0.4, 0.5) is 30.4 Å². The number of carbonyl (C=O) groups is 2. The molecule has 1 aromatic heterocycles. The molecule has 2 aliphatic rings. The first-order chi connectivity index (χ1) is 15.8. The highest BCUT2D eigenvalue weighted by atomic mass is 19.4. The van der Waals surface area contributed by atoms with E-state index in [1.54, 1.807) is 6.07 Å². The molecule has 2 fully saturated rings. The summed E-state index contributed by atoms with van der Waals surface area (Å²) in [5.74, 6) is -0.864. The standard InChI is InChI=1S/C22H23F3N4O4/c23-22(24,25)15-2-5-18(29-7-9-32-10-8-29)17(11-15)28-20(30)13-33-21(31)14-1-6-19(26-12-14)27-16-3-4-16/h1-2,5-6,11-12,16H,3-4,7-10,13H2,(H,26,27)(H,28,30). The topological polar surface area (TPSA) is 92.8 Å². The molecule has 1 aliphatic heterocycles. The number of nitrogens with one attached hydrogen (secondary N) is 2. The lowest BCUT2D eigenvalue weighted by atomic mass is 10.1. The zero-order valence-electron chi connectivity index (χ0n) is 17.7. The number of pyridine rings is 1. The molecular formula is C22H23F3N4O4. The maximum Gasteiger partial charge on any atom is 0.416 e. The number of hydrogen-bond donors (Lipinski definition) is 2. The van der Waals surface area contributed by atoms with Gasteiger partial charge in [0.05, 0.1) is 35.7 Å². The van der Waals surface area contributed by atoms with E-state index in [0.29, 0.717) is 43.9 Å². The number of ether oxygens (including phenoxy) is 2. The van der Waals surface area contributed by atoms with Crippen LogP contribution < -0.4 is 15.5 Å². The third kappa shape index (κ3) is 6.13. The van der Waals surface area contributed by atoms with Gasteiger partial charge in [0.25, 0.3) is 5.91 Å². The van der Waals surface area contributed by atoms with Crippen molar-refractivity contribution in [2.24, 2.45) is 0 Å². The van der Waals surface area contributed by atoms with Gasteiger partial charge in [-0.3, -0.25) is 4.79 Å². The van der Waals surface area contributed by atoms with E-state index < -0.39 is 30.2 Å². The van der Waals surface area contributed by atoms with E-state index in [1.807, 2.05) is 4.90 Å². The minimum absolute atomic E-state index is 0.00931. The number of nitrogens with zero attached hydrogens (tertiary/aromatic N) is 2. The second-order valence-electron chi connectivity index (χ2n) is 7.80. The van der Waals surface area contributed by atoms with E-state index in [9.17, 15) is 22.8 Å². The Kier molecular flexibility index (Phi) is 6.68. The highest BCUT2D eigenvalue weighted by molar-refractivity contribution is 5.97. The molecule has 1 aromatic carbocycles. The quantitative estimate of drug-likeness (QED) is 0.608. The van der Waals surface area contributed by atoms with E-state index >= 15 is 0 Å². The van der Waals surface area contributed by atoms with Crippen LogP contribution in [-0.2, 0) is 20.4 Å². The Morgan fingerprint density at radius 3 is 2.55 bits per heavy atom. The van der Waals surface area contributed by atoms with Crippen LogP contribution in [0.5, 0.6) is 0 Å². The molecule has 2 heterocycles. The summed E-state index contributed by atoms with van der Waals surface area (Å²) in [6.07, 6.45) is -1.06. The zero-order valence-corrected chi connectivity index (χ0v) is 17.7. The number of rotatable bonds is 7. The van der Waals surface area contributed by atoms with Gasteiger partial charge in [0.15, 0.2) is 6.61 Å². The van der Waals surface area contributed by atoms with Crippen molar-refractivity contribution in [3.05, 3.63) is 47.7 Å². The lowest BCUT2D eigenvalue weighted by molar-refractivity contribution is -0.137. The van der Waals surface area contributed by atoms with Gasteiger partial charge in [-0.1, -0.05) is 0 Å². The number of anilines is 3. The maximum absolute atomic E-state index is 13.2. The van der Waals surface area contributed by atoms with Crippen LogP contribution in [0.15, 0.2) is 36.5 Å². The molecule has 1 aliphatic carbocycles. The Labute approximate surface area is 188 Å². The van der Waals surface area contributed by atoms with Crippen molar-refractivity contribution in [3.8, 4) is 0 Å². The van der Waals surface area contributed by atoms with Crippen LogP contribution in [0.3, 0.4) is 0 Å². The molecule has 8 nitrogen and oxygen atoms in total. The second kappa shape index (κ2) is 9.65. The smallest absolute Gasteiger partial charge is 0.416 e. The molecule has 0 spiro atoms. The van der Waals surface area contributed by atoms with Gasteiger partial charge in [-0.2, -0.15) is 13.2 Å². The van der Waals surface area contributed by atoms with E-state index in [-0.39, 0.29) is 11.3 Å². The molecule has 0 unspecified atom stereocenters. The van der Waals surface area contributed by atoms with Crippen LogP contribution >= 0.6 is 0 Å². The average molecular weight is 464 g/mol. The number of morpholine rings is 1. The Morgan fingerprint density at radius 2 is 1.91 bits per heavy atom. The summed E-state index contributed by atoms with van der Waals surface area (Å²) < 4.78 is 49.9. The van der Waals surface area contributed by atoms with Crippen LogP contribution in [0, 0.1) is 0 Å². The van der Waals surface area contributed by atoms with Crippen molar-refractivity contribution in [3.63, 3.8) is 0 Å². The van der Waals surface area contributed by atoms with Gasteiger partial charge in [0.2, 0.25) is 0 Å². The molecule has 0 atom stereocenters. The van der Waals surface area contributed by atoms with E-state index in [4.69, 9.17) is 9.47 Å². The molecule has 2 N–H and O–H groups in total. The van der Waals surface area contributed by atoms with Crippen molar-refractivity contribution >= 4 is 29.1 Å². The first-order valence-corrected chi connectivity index (χ1v) is 10.5. The molecule has 0 radical (unpaired) electrons. The summed E-state index contributed by atoms with van der Waals surface area (Å²) in [5.41, 5.74) is -0.297. The van der Waals surface area contributed by atoms with Crippen LogP contribution in [0.25, 0.3) is 0 Å². The monoisotopic (exact) mass is 464 g/mol. The molecule has 1 saturated carbocycles. The molecular weight excluding hydrogens is 441 g/mol. The van der Waals surface area contributed by atoms with Gasteiger partial charge in [-0.25, -0.2) is 9.78 Å². The summed E-state index contributed by atoms with van der Waals surface area (Å²) in [5, 5.41) is 5.63. The molecule has 2 aromatic rings. The summed E-state index contributed by atoms with van der Waals surface area (Å²) in [6, 6.07) is 6.75. The van der Waals surface area contributed by atoms with Gasteiger partial charge in [0, 0.05) is 25.3 Å². The molecule has 33 heavy (non-hydrogen) atoms. The van der Waals surface area contributed by atoms with Crippen LogP contribution in [0.1, 0.15) is 28.8 Å². The van der Waals surface area contributed by atoms with Crippen molar-refractivity contribution in [2.75, 3.05) is 48.4 Å². The minimum atomic E-state index is -4.57. The molecule has 11 heteroatoms. The van der Waals surface area contributed by atoms with Crippen molar-refractivity contribution in [2.45, 2.75) is 25.1 Å². The van der Waals surface area contributed by atoms with Crippen molar-refractivity contribution in [1.82, 2.24) is 4.98 Å². The van der Waals surface area contributed by atoms with Gasteiger partial charge < -0.3 is 25.0 Å². The Bertz CT molecular complexity index is 1000. The van der Waals surface area contributed by atoms with Gasteiger partial charge in [0.1, 0.15) is 5.82 Å². The van der Waals surface area contributed by atoms with Gasteiger partial charge in [-0.05, 0) is 43.2 Å². The molecule has 4 rings (SSSR count).